The Hall–Kier alpha value is -4.03. The van der Waals surface area contributed by atoms with Crippen molar-refractivity contribution in [3.8, 4) is 17.3 Å². The molecule has 0 aromatic carbocycles. The molecule has 1 N–H and O–H groups in total. The summed E-state index contributed by atoms with van der Waals surface area (Å²) in [6, 6.07) is 7.08. The van der Waals surface area contributed by atoms with Gasteiger partial charge in [-0.3, -0.25) is 0 Å². The first-order chi connectivity index (χ1) is 16.1. The van der Waals surface area contributed by atoms with Gasteiger partial charge in [0.05, 0.1) is 29.7 Å². The number of nitrogens with zero attached hydrogens (tertiary/aromatic N) is 5. The Labute approximate surface area is 187 Å². The second kappa shape index (κ2) is 8.72. The Morgan fingerprint density at radius 1 is 0.853 bits per heavy atom. The van der Waals surface area contributed by atoms with Gasteiger partial charge in [0.15, 0.2) is 5.65 Å². The number of hydrogen-bond acceptors (Lipinski definition) is 7. The molecule has 0 unspecified atom stereocenters. The lowest BCUT2D eigenvalue weighted by Crippen LogP contribution is -2.11. The minimum Gasteiger partial charge on any atom is -0.477 e. The van der Waals surface area contributed by atoms with Crippen LogP contribution in [0, 0.1) is 0 Å². The smallest absolute Gasteiger partial charge is 0.421 e. The molecule has 7 nitrogen and oxygen atoms in total. The molecule has 0 saturated heterocycles. The van der Waals surface area contributed by atoms with Crippen molar-refractivity contribution < 1.29 is 31.1 Å². The Morgan fingerprint density at radius 3 is 2.32 bits per heavy atom. The van der Waals surface area contributed by atoms with Crippen LogP contribution in [0.2, 0.25) is 0 Å². The molecule has 0 radical (unpaired) electrons. The lowest BCUT2D eigenvalue weighted by atomic mass is 10.1. The SMILES string of the molecule is CCOc1nc(Nc2ccnc3nc(-c4nnccc4C(F)(F)F)ccc23)ccc1C(F)(F)F. The molecule has 13 heteroatoms. The van der Waals surface area contributed by atoms with Crippen molar-refractivity contribution >= 4 is 22.5 Å². The summed E-state index contributed by atoms with van der Waals surface area (Å²) in [5.41, 5.74) is -2.12. The van der Waals surface area contributed by atoms with Crippen LogP contribution in [0.15, 0.2) is 48.8 Å². The van der Waals surface area contributed by atoms with E-state index in [9.17, 15) is 26.3 Å². The number of rotatable bonds is 5. The van der Waals surface area contributed by atoms with Gasteiger partial charge < -0.3 is 10.1 Å². The van der Waals surface area contributed by atoms with Gasteiger partial charge in [-0.1, -0.05) is 0 Å². The van der Waals surface area contributed by atoms with E-state index in [0.29, 0.717) is 11.1 Å². The van der Waals surface area contributed by atoms with Crippen LogP contribution < -0.4 is 10.1 Å². The van der Waals surface area contributed by atoms with Crippen LogP contribution in [0.5, 0.6) is 5.88 Å². The molecular weight excluding hydrogens is 466 g/mol. The predicted molar refractivity (Wildman–Crippen MR) is 109 cm³/mol. The standard InChI is InChI=1S/C21H14F6N6O/c1-2-34-19-13(21(25,26)27)4-6-16(32-19)30-14-8-9-28-18-11(14)3-5-15(31-18)17-12(20(22,23)24)7-10-29-33-17/h3-10H,2H2,1H3,(H,28,30,31,32). The summed E-state index contributed by atoms with van der Waals surface area (Å²) >= 11 is 0. The highest BCUT2D eigenvalue weighted by Gasteiger charge is 2.36. The Bertz CT molecular complexity index is 1340. The van der Waals surface area contributed by atoms with Crippen molar-refractivity contribution in [2.24, 2.45) is 0 Å². The van der Waals surface area contributed by atoms with E-state index in [-0.39, 0.29) is 23.8 Å². The number of alkyl halides is 6. The number of hydrogen-bond donors (Lipinski definition) is 1. The largest absolute Gasteiger partial charge is 0.477 e. The van der Waals surface area contributed by atoms with Gasteiger partial charge in [-0.15, -0.1) is 5.10 Å². The van der Waals surface area contributed by atoms with Crippen molar-refractivity contribution in [2.75, 3.05) is 11.9 Å². The van der Waals surface area contributed by atoms with Crippen LogP contribution in [-0.2, 0) is 12.4 Å². The van der Waals surface area contributed by atoms with Crippen molar-refractivity contribution in [2.45, 2.75) is 19.3 Å². The molecule has 0 aliphatic carbocycles. The highest BCUT2D eigenvalue weighted by Crippen LogP contribution is 2.37. The fraction of sp³-hybridized carbons (Fsp3) is 0.190. The summed E-state index contributed by atoms with van der Waals surface area (Å²) < 4.78 is 84.6. The predicted octanol–water partition coefficient (Wildman–Crippen LogP) is 5.66. The highest BCUT2D eigenvalue weighted by molar-refractivity contribution is 5.91. The molecule has 34 heavy (non-hydrogen) atoms. The molecule has 0 aliphatic heterocycles. The summed E-state index contributed by atoms with van der Waals surface area (Å²) in [5, 5.41) is 10.4. The first kappa shape index (κ1) is 23.1. The minimum absolute atomic E-state index is 0.0211. The van der Waals surface area contributed by atoms with E-state index in [4.69, 9.17) is 4.74 Å². The Morgan fingerprint density at radius 2 is 1.62 bits per heavy atom. The third-order valence-corrected chi connectivity index (χ3v) is 4.58. The molecule has 4 aromatic heterocycles. The third kappa shape index (κ3) is 4.67. The lowest BCUT2D eigenvalue weighted by Gasteiger charge is -2.15. The fourth-order valence-corrected chi connectivity index (χ4v) is 3.13. The van der Waals surface area contributed by atoms with Crippen molar-refractivity contribution in [1.82, 2.24) is 25.1 Å². The van der Waals surface area contributed by atoms with Crippen LogP contribution in [0.4, 0.5) is 37.8 Å². The van der Waals surface area contributed by atoms with Crippen LogP contribution in [0.3, 0.4) is 0 Å². The van der Waals surface area contributed by atoms with Crippen molar-refractivity contribution in [3.05, 3.63) is 59.9 Å². The molecule has 4 aromatic rings. The van der Waals surface area contributed by atoms with Crippen LogP contribution in [0.1, 0.15) is 18.1 Å². The second-order valence-electron chi connectivity index (χ2n) is 6.82. The number of anilines is 2. The van der Waals surface area contributed by atoms with E-state index >= 15 is 0 Å². The van der Waals surface area contributed by atoms with Gasteiger partial charge >= 0.3 is 12.4 Å². The summed E-state index contributed by atoms with van der Waals surface area (Å²) in [6.45, 7) is 1.51. The van der Waals surface area contributed by atoms with Gasteiger partial charge in [-0.2, -0.15) is 36.4 Å². The zero-order chi connectivity index (χ0) is 24.5. The highest BCUT2D eigenvalue weighted by atomic mass is 19.4. The summed E-state index contributed by atoms with van der Waals surface area (Å²) in [5.74, 6) is -0.526. The van der Waals surface area contributed by atoms with Gasteiger partial charge in [0, 0.05) is 11.6 Å². The molecule has 0 fully saturated rings. The van der Waals surface area contributed by atoms with E-state index in [0.717, 1.165) is 24.4 Å². The van der Waals surface area contributed by atoms with Gasteiger partial charge in [-0.05, 0) is 43.3 Å². The van der Waals surface area contributed by atoms with E-state index in [2.05, 4.69) is 30.5 Å². The molecule has 4 rings (SSSR count). The molecule has 4 heterocycles. The van der Waals surface area contributed by atoms with Gasteiger partial charge in [0.25, 0.3) is 0 Å². The quantitative estimate of drug-likeness (QED) is 0.369. The molecule has 0 saturated carbocycles. The normalized spacial score (nSPS) is 12.1. The van der Waals surface area contributed by atoms with E-state index < -0.39 is 35.1 Å². The summed E-state index contributed by atoms with van der Waals surface area (Å²) in [7, 11) is 0. The van der Waals surface area contributed by atoms with E-state index in [1.807, 2.05) is 0 Å². The monoisotopic (exact) mass is 480 g/mol. The van der Waals surface area contributed by atoms with Crippen LogP contribution in [-0.4, -0.2) is 31.8 Å². The maximum absolute atomic E-state index is 13.3. The van der Waals surface area contributed by atoms with Gasteiger partial charge in [-0.25, -0.2) is 9.97 Å². The molecular formula is C21H14F6N6O. The zero-order valence-corrected chi connectivity index (χ0v) is 17.2. The summed E-state index contributed by atoms with van der Waals surface area (Å²) in [4.78, 5) is 12.1. The average Bonchev–Trinajstić information content (AvgIpc) is 2.78. The van der Waals surface area contributed by atoms with Crippen LogP contribution in [0.25, 0.3) is 22.4 Å². The number of pyridine rings is 3. The molecule has 0 amide bonds. The number of ether oxygens (including phenoxy) is 1. The molecule has 0 aliphatic rings. The van der Waals surface area contributed by atoms with Gasteiger partial charge in [0.1, 0.15) is 17.1 Å². The average molecular weight is 480 g/mol. The Balaban J connectivity index is 1.72. The third-order valence-electron chi connectivity index (χ3n) is 4.58. The maximum atomic E-state index is 13.3. The number of aromatic nitrogens is 5. The number of fused-ring (bicyclic) bond motifs is 1. The second-order valence-corrected chi connectivity index (χ2v) is 6.82. The lowest BCUT2D eigenvalue weighted by molar-refractivity contribution is -0.139. The van der Waals surface area contributed by atoms with Crippen molar-refractivity contribution in [1.29, 1.82) is 0 Å². The number of nitrogens with one attached hydrogen (secondary N) is 1. The van der Waals surface area contributed by atoms with E-state index in [1.165, 1.54) is 31.3 Å². The molecule has 176 valence electrons. The van der Waals surface area contributed by atoms with Crippen LogP contribution >= 0.6 is 0 Å². The first-order valence-corrected chi connectivity index (χ1v) is 9.71. The zero-order valence-electron chi connectivity index (χ0n) is 17.2. The summed E-state index contributed by atoms with van der Waals surface area (Å²) in [6.07, 6.45) is -7.03. The minimum atomic E-state index is -4.66. The fourth-order valence-electron chi connectivity index (χ4n) is 3.13. The maximum Gasteiger partial charge on any atom is 0.421 e. The topological polar surface area (TPSA) is 85.7 Å². The van der Waals surface area contributed by atoms with Gasteiger partial charge in [0.2, 0.25) is 5.88 Å². The first-order valence-electron chi connectivity index (χ1n) is 9.71. The molecule has 0 bridgehead atoms. The molecule has 0 atom stereocenters. The van der Waals surface area contributed by atoms with E-state index in [1.54, 1.807) is 0 Å². The Kier molecular flexibility index (Phi) is 5.94. The van der Waals surface area contributed by atoms with Crippen molar-refractivity contribution in [3.63, 3.8) is 0 Å². The molecule has 0 spiro atoms. The number of halogens is 6.